The maximum Gasteiger partial charge on any atom is 0.290 e. The number of pyridine rings is 1. The summed E-state index contributed by atoms with van der Waals surface area (Å²) in [5, 5.41) is 2.96. The highest BCUT2D eigenvalue weighted by molar-refractivity contribution is 7.99. The molecule has 1 aromatic heterocycles. The number of benzene rings is 1. The summed E-state index contributed by atoms with van der Waals surface area (Å²) in [5.74, 6) is -3.17. The van der Waals surface area contributed by atoms with E-state index in [1.54, 1.807) is 18.2 Å². The van der Waals surface area contributed by atoms with Crippen LogP contribution in [0.5, 0.6) is 0 Å². The van der Waals surface area contributed by atoms with Crippen molar-refractivity contribution >= 4 is 35.0 Å². The molecule has 2 rings (SSSR count). The van der Waals surface area contributed by atoms with E-state index in [1.165, 1.54) is 18.3 Å². The second-order valence-corrected chi connectivity index (χ2v) is 5.56. The standard InChI is InChI=1S/C14H11ClF2N2OS/c1-8-4-5-11(10(15)7-8)19-12(20)9-3-2-6-18-13(9)21-14(16)17/h2-7,14H,1H3,(H,19,20). The monoisotopic (exact) mass is 328 g/mol. The first-order valence-electron chi connectivity index (χ1n) is 5.94. The molecule has 0 radical (unpaired) electrons. The Morgan fingerprint density at radius 3 is 2.81 bits per heavy atom. The van der Waals surface area contributed by atoms with Gasteiger partial charge in [-0.1, -0.05) is 17.7 Å². The Morgan fingerprint density at radius 2 is 2.14 bits per heavy atom. The maximum absolute atomic E-state index is 12.5. The number of nitrogens with zero attached hydrogens (tertiary/aromatic N) is 1. The summed E-state index contributed by atoms with van der Waals surface area (Å²) in [7, 11) is 0. The Hall–Kier alpha value is -1.66. The number of alkyl halides is 2. The molecule has 0 bridgehead atoms. The number of nitrogens with one attached hydrogen (secondary N) is 1. The normalized spacial score (nSPS) is 10.7. The third-order valence-electron chi connectivity index (χ3n) is 2.59. The lowest BCUT2D eigenvalue weighted by Crippen LogP contribution is -2.14. The van der Waals surface area contributed by atoms with Crippen molar-refractivity contribution in [3.05, 3.63) is 52.7 Å². The predicted octanol–water partition coefficient (Wildman–Crippen LogP) is 4.61. The van der Waals surface area contributed by atoms with Crippen LogP contribution >= 0.6 is 23.4 Å². The zero-order chi connectivity index (χ0) is 15.4. The topological polar surface area (TPSA) is 42.0 Å². The fraction of sp³-hybridized carbons (Fsp3) is 0.143. The van der Waals surface area contributed by atoms with Gasteiger partial charge in [0.15, 0.2) is 0 Å². The average Bonchev–Trinajstić information content (AvgIpc) is 2.42. The van der Waals surface area contributed by atoms with Gasteiger partial charge in [0, 0.05) is 6.20 Å². The highest BCUT2D eigenvalue weighted by Gasteiger charge is 2.17. The number of thioether (sulfide) groups is 1. The van der Waals surface area contributed by atoms with Crippen LogP contribution in [0.2, 0.25) is 5.02 Å². The van der Waals surface area contributed by atoms with Crippen molar-refractivity contribution < 1.29 is 13.6 Å². The third-order valence-corrected chi connectivity index (χ3v) is 3.63. The zero-order valence-electron chi connectivity index (χ0n) is 10.9. The number of rotatable bonds is 4. The van der Waals surface area contributed by atoms with Gasteiger partial charge in [-0.3, -0.25) is 4.79 Å². The second-order valence-electron chi connectivity index (χ2n) is 4.17. The summed E-state index contributed by atoms with van der Waals surface area (Å²) in [4.78, 5) is 16.0. The molecule has 1 heterocycles. The predicted molar refractivity (Wildman–Crippen MR) is 80.2 cm³/mol. The van der Waals surface area contributed by atoms with Crippen molar-refractivity contribution in [1.82, 2.24) is 4.98 Å². The van der Waals surface area contributed by atoms with Crippen LogP contribution in [0.15, 0.2) is 41.6 Å². The number of carbonyl (C=O) groups is 1. The quantitative estimate of drug-likeness (QED) is 0.833. The number of amides is 1. The lowest BCUT2D eigenvalue weighted by atomic mass is 10.2. The minimum atomic E-state index is -2.64. The molecule has 0 spiro atoms. The number of hydrogen-bond donors (Lipinski definition) is 1. The Kier molecular flexibility index (Phi) is 5.14. The van der Waals surface area contributed by atoms with Crippen LogP contribution in [-0.4, -0.2) is 16.6 Å². The largest absolute Gasteiger partial charge is 0.321 e. The molecule has 0 aliphatic rings. The van der Waals surface area contributed by atoms with Crippen LogP contribution in [0, 0.1) is 6.92 Å². The average molecular weight is 329 g/mol. The Labute approximate surface area is 129 Å². The molecule has 1 aromatic carbocycles. The molecule has 0 atom stereocenters. The summed E-state index contributed by atoms with van der Waals surface area (Å²) in [5.41, 5.74) is 1.46. The van der Waals surface area contributed by atoms with E-state index in [0.29, 0.717) is 10.7 Å². The first-order valence-corrected chi connectivity index (χ1v) is 7.20. The van der Waals surface area contributed by atoms with Crippen LogP contribution in [0.4, 0.5) is 14.5 Å². The lowest BCUT2D eigenvalue weighted by molar-refractivity contribution is 0.102. The Balaban J connectivity index is 2.24. The summed E-state index contributed by atoms with van der Waals surface area (Å²) in [6.45, 7) is 1.87. The van der Waals surface area contributed by atoms with E-state index in [4.69, 9.17) is 11.6 Å². The minimum Gasteiger partial charge on any atom is -0.321 e. The summed E-state index contributed by atoms with van der Waals surface area (Å²) in [6.07, 6.45) is 1.36. The first kappa shape index (κ1) is 15.7. The molecule has 1 amide bonds. The van der Waals surface area contributed by atoms with Gasteiger partial charge >= 0.3 is 0 Å². The van der Waals surface area contributed by atoms with Gasteiger partial charge in [0.05, 0.1) is 16.3 Å². The molecule has 0 fully saturated rings. The number of anilines is 1. The van der Waals surface area contributed by atoms with Gasteiger partial charge in [0.1, 0.15) is 5.03 Å². The zero-order valence-corrected chi connectivity index (χ0v) is 12.5. The van der Waals surface area contributed by atoms with Gasteiger partial charge in [0.25, 0.3) is 11.7 Å². The van der Waals surface area contributed by atoms with Crippen molar-refractivity contribution in [1.29, 1.82) is 0 Å². The summed E-state index contributed by atoms with van der Waals surface area (Å²) in [6, 6.07) is 8.11. The second kappa shape index (κ2) is 6.87. The van der Waals surface area contributed by atoms with Gasteiger partial charge in [0.2, 0.25) is 0 Å². The van der Waals surface area contributed by atoms with Crippen molar-refractivity contribution in [2.24, 2.45) is 0 Å². The molecular formula is C14H11ClF2N2OS. The number of carbonyl (C=O) groups excluding carboxylic acids is 1. The molecule has 0 aliphatic heterocycles. The highest BCUT2D eigenvalue weighted by Crippen LogP contribution is 2.28. The number of aryl methyl sites for hydroxylation is 1. The van der Waals surface area contributed by atoms with E-state index in [1.807, 2.05) is 6.92 Å². The maximum atomic E-state index is 12.5. The van der Waals surface area contributed by atoms with Gasteiger partial charge in [-0.25, -0.2) is 4.98 Å². The molecule has 0 unspecified atom stereocenters. The van der Waals surface area contributed by atoms with Crippen molar-refractivity contribution in [2.45, 2.75) is 17.7 Å². The highest BCUT2D eigenvalue weighted by atomic mass is 35.5. The SMILES string of the molecule is Cc1ccc(NC(=O)c2cccnc2SC(F)F)c(Cl)c1. The number of hydrogen-bond acceptors (Lipinski definition) is 3. The smallest absolute Gasteiger partial charge is 0.290 e. The van der Waals surface area contributed by atoms with E-state index in [2.05, 4.69) is 10.3 Å². The van der Waals surface area contributed by atoms with Crippen LogP contribution in [0.3, 0.4) is 0 Å². The molecular weight excluding hydrogens is 318 g/mol. The fourth-order valence-corrected chi connectivity index (χ4v) is 2.51. The summed E-state index contributed by atoms with van der Waals surface area (Å²) < 4.78 is 24.9. The molecule has 7 heteroatoms. The molecule has 21 heavy (non-hydrogen) atoms. The van der Waals surface area contributed by atoms with Crippen LogP contribution in [0.1, 0.15) is 15.9 Å². The van der Waals surface area contributed by atoms with E-state index < -0.39 is 11.7 Å². The van der Waals surface area contributed by atoms with Gasteiger partial charge < -0.3 is 5.32 Å². The van der Waals surface area contributed by atoms with E-state index in [9.17, 15) is 13.6 Å². The molecule has 3 nitrogen and oxygen atoms in total. The van der Waals surface area contributed by atoms with Crippen molar-refractivity contribution in [2.75, 3.05) is 5.32 Å². The molecule has 1 N–H and O–H groups in total. The van der Waals surface area contributed by atoms with Crippen LogP contribution < -0.4 is 5.32 Å². The van der Waals surface area contributed by atoms with Crippen LogP contribution in [-0.2, 0) is 0 Å². The van der Waals surface area contributed by atoms with E-state index in [-0.39, 0.29) is 22.4 Å². The van der Waals surface area contributed by atoms with E-state index in [0.717, 1.165) is 5.56 Å². The molecule has 2 aromatic rings. The van der Waals surface area contributed by atoms with Gasteiger partial charge in [-0.15, -0.1) is 0 Å². The number of halogens is 3. The lowest BCUT2D eigenvalue weighted by Gasteiger charge is -2.10. The summed E-state index contributed by atoms with van der Waals surface area (Å²) >= 11 is 6.26. The van der Waals surface area contributed by atoms with Crippen LogP contribution in [0.25, 0.3) is 0 Å². The van der Waals surface area contributed by atoms with Gasteiger partial charge in [-0.2, -0.15) is 8.78 Å². The van der Waals surface area contributed by atoms with Crippen molar-refractivity contribution in [3.8, 4) is 0 Å². The van der Waals surface area contributed by atoms with E-state index >= 15 is 0 Å². The van der Waals surface area contributed by atoms with Crippen molar-refractivity contribution in [3.63, 3.8) is 0 Å². The molecule has 0 aliphatic carbocycles. The first-order chi connectivity index (χ1) is 9.97. The molecule has 0 saturated carbocycles. The minimum absolute atomic E-state index is 0.0202. The Morgan fingerprint density at radius 1 is 1.38 bits per heavy atom. The number of aromatic nitrogens is 1. The molecule has 0 saturated heterocycles. The molecule has 110 valence electrons. The third kappa shape index (κ3) is 4.15. The fourth-order valence-electron chi connectivity index (χ4n) is 1.65. The Bertz CT molecular complexity index is 667. The van der Waals surface area contributed by atoms with Gasteiger partial charge in [-0.05, 0) is 48.5 Å².